The van der Waals surface area contributed by atoms with E-state index in [4.69, 9.17) is 23.1 Å². The highest BCUT2D eigenvalue weighted by atomic mass is 35.5. The van der Waals surface area contributed by atoms with Gasteiger partial charge in [0.15, 0.2) is 0 Å². The van der Waals surface area contributed by atoms with Crippen LogP contribution in [0.3, 0.4) is 0 Å². The normalized spacial score (nSPS) is 22.0. The molecule has 0 aliphatic heterocycles. The Morgan fingerprint density at radius 1 is 1.38 bits per heavy atom. The summed E-state index contributed by atoms with van der Waals surface area (Å²) >= 11 is 6.18. The summed E-state index contributed by atoms with van der Waals surface area (Å²) in [6, 6.07) is 5.93. The summed E-state index contributed by atoms with van der Waals surface area (Å²) in [7, 11) is 0. The Bertz CT molecular complexity index is 506. The van der Waals surface area contributed by atoms with Gasteiger partial charge in [-0.25, -0.2) is 0 Å². The highest BCUT2D eigenvalue weighted by Gasteiger charge is 2.29. The van der Waals surface area contributed by atoms with E-state index in [2.05, 4.69) is 11.8 Å². The average Bonchev–Trinajstić information content (AvgIpc) is 2.48. The van der Waals surface area contributed by atoms with Gasteiger partial charge in [0.1, 0.15) is 0 Å². The van der Waals surface area contributed by atoms with Gasteiger partial charge in [-0.3, -0.25) is 4.79 Å². The first kappa shape index (κ1) is 16.1. The van der Waals surface area contributed by atoms with Gasteiger partial charge in [-0.05, 0) is 50.4 Å². The van der Waals surface area contributed by atoms with Gasteiger partial charge in [0.2, 0.25) is 5.91 Å². The van der Waals surface area contributed by atoms with Gasteiger partial charge in [0.05, 0.1) is 10.6 Å². The van der Waals surface area contributed by atoms with Crippen LogP contribution in [0.4, 0.5) is 5.69 Å². The Hall–Kier alpha value is -1.26. The molecule has 0 aromatic heterocycles. The predicted octanol–water partition coefficient (Wildman–Crippen LogP) is 2.78. The first-order valence-electron chi connectivity index (χ1n) is 7.64. The number of anilines is 1. The summed E-state index contributed by atoms with van der Waals surface area (Å²) in [4.78, 5) is 13.6. The van der Waals surface area contributed by atoms with Crippen molar-refractivity contribution in [2.24, 2.45) is 17.4 Å². The molecular weight excluding hydrogens is 286 g/mol. The fourth-order valence-corrected chi connectivity index (χ4v) is 3.63. The Morgan fingerprint density at radius 2 is 2.10 bits per heavy atom. The lowest BCUT2D eigenvalue weighted by atomic mass is 9.83. The fourth-order valence-electron chi connectivity index (χ4n) is 3.36. The molecule has 2 atom stereocenters. The molecule has 4 N–H and O–H groups in total. The number of rotatable bonds is 5. The zero-order valence-electron chi connectivity index (χ0n) is 12.5. The summed E-state index contributed by atoms with van der Waals surface area (Å²) in [5, 5.41) is 0.415. The van der Waals surface area contributed by atoms with E-state index in [1.165, 1.54) is 19.3 Å². The Kier molecular flexibility index (Phi) is 5.48. The lowest BCUT2D eigenvalue weighted by Gasteiger charge is -2.40. The van der Waals surface area contributed by atoms with Crippen LogP contribution in [-0.2, 0) is 0 Å². The summed E-state index contributed by atoms with van der Waals surface area (Å²) in [6.07, 6.45) is 4.84. The molecule has 2 rings (SSSR count). The number of benzene rings is 1. The highest BCUT2D eigenvalue weighted by Crippen LogP contribution is 2.32. The van der Waals surface area contributed by atoms with Crippen LogP contribution in [0.1, 0.15) is 43.0 Å². The van der Waals surface area contributed by atoms with Gasteiger partial charge in [0.25, 0.3) is 0 Å². The van der Waals surface area contributed by atoms with E-state index in [-0.39, 0.29) is 0 Å². The molecule has 1 aliphatic rings. The smallest absolute Gasteiger partial charge is 0.250 e. The Labute approximate surface area is 131 Å². The predicted molar refractivity (Wildman–Crippen MR) is 87.8 cm³/mol. The minimum Gasteiger partial charge on any atom is -0.368 e. The molecule has 1 saturated carbocycles. The molecule has 2 unspecified atom stereocenters. The molecule has 1 aliphatic carbocycles. The number of primary amides is 1. The Balaban J connectivity index is 2.28. The largest absolute Gasteiger partial charge is 0.368 e. The number of nitrogens with zero attached hydrogens (tertiary/aromatic N) is 1. The van der Waals surface area contributed by atoms with E-state index in [1.807, 2.05) is 12.1 Å². The summed E-state index contributed by atoms with van der Waals surface area (Å²) in [6.45, 7) is 3.75. The molecule has 4 nitrogen and oxygen atoms in total. The quantitative estimate of drug-likeness (QED) is 0.878. The minimum atomic E-state index is -0.493. The van der Waals surface area contributed by atoms with E-state index in [0.717, 1.165) is 18.7 Å². The molecule has 116 valence electrons. The third kappa shape index (κ3) is 3.50. The number of hydrogen-bond donors (Lipinski definition) is 2. The SMILES string of the molecule is CCN(c1ccc(C(N)=O)c(Cl)c1)C1CCCCC1CN. The minimum absolute atomic E-state index is 0.371. The van der Waals surface area contributed by atoms with Gasteiger partial charge in [-0.1, -0.05) is 24.4 Å². The average molecular weight is 310 g/mol. The van der Waals surface area contributed by atoms with Crippen LogP contribution in [0.15, 0.2) is 18.2 Å². The molecule has 1 aromatic rings. The van der Waals surface area contributed by atoms with Gasteiger partial charge < -0.3 is 16.4 Å². The maximum absolute atomic E-state index is 11.3. The van der Waals surface area contributed by atoms with Crippen molar-refractivity contribution in [3.05, 3.63) is 28.8 Å². The summed E-state index contributed by atoms with van der Waals surface area (Å²) in [5.74, 6) is 0.0281. The zero-order chi connectivity index (χ0) is 15.4. The summed E-state index contributed by atoms with van der Waals surface area (Å²) in [5.41, 5.74) is 12.7. The van der Waals surface area contributed by atoms with E-state index in [9.17, 15) is 4.79 Å². The molecule has 21 heavy (non-hydrogen) atoms. The lowest BCUT2D eigenvalue weighted by molar-refractivity contribution is 0.100. The van der Waals surface area contributed by atoms with E-state index in [0.29, 0.717) is 29.1 Å². The van der Waals surface area contributed by atoms with Crippen molar-refractivity contribution in [1.29, 1.82) is 0 Å². The van der Waals surface area contributed by atoms with Crippen LogP contribution >= 0.6 is 11.6 Å². The molecular formula is C16H24ClN3O. The maximum Gasteiger partial charge on any atom is 0.250 e. The van der Waals surface area contributed by atoms with Crippen molar-refractivity contribution in [3.63, 3.8) is 0 Å². The van der Waals surface area contributed by atoms with Crippen LogP contribution in [0.5, 0.6) is 0 Å². The second-order valence-corrected chi connectivity index (χ2v) is 6.07. The van der Waals surface area contributed by atoms with Crippen molar-refractivity contribution in [2.45, 2.75) is 38.6 Å². The van der Waals surface area contributed by atoms with E-state index >= 15 is 0 Å². The van der Waals surface area contributed by atoms with Crippen LogP contribution in [0.25, 0.3) is 0 Å². The maximum atomic E-state index is 11.3. The van der Waals surface area contributed by atoms with Crippen molar-refractivity contribution >= 4 is 23.2 Å². The van der Waals surface area contributed by atoms with E-state index in [1.54, 1.807) is 6.07 Å². The first-order chi connectivity index (χ1) is 10.1. The number of amides is 1. The van der Waals surface area contributed by atoms with Gasteiger partial charge in [-0.15, -0.1) is 0 Å². The number of carbonyl (C=O) groups is 1. The van der Waals surface area contributed by atoms with Crippen molar-refractivity contribution in [2.75, 3.05) is 18.0 Å². The summed E-state index contributed by atoms with van der Waals surface area (Å²) < 4.78 is 0. The Morgan fingerprint density at radius 3 is 2.67 bits per heavy atom. The zero-order valence-corrected chi connectivity index (χ0v) is 13.3. The van der Waals surface area contributed by atoms with Crippen LogP contribution in [0, 0.1) is 5.92 Å². The standard InChI is InChI=1S/C16H24ClN3O/c1-2-20(15-6-4-3-5-11(15)10-18)12-7-8-13(16(19)21)14(17)9-12/h7-9,11,15H,2-6,10,18H2,1H3,(H2,19,21). The number of hydrogen-bond acceptors (Lipinski definition) is 3. The van der Waals surface area contributed by atoms with Gasteiger partial charge in [0, 0.05) is 18.3 Å². The third-order valence-corrected chi connectivity index (χ3v) is 4.78. The molecule has 1 amide bonds. The third-order valence-electron chi connectivity index (χ3n) is 4.46. The lowest BCUT2D eigenvalue weighted by Crippen LogP contribution is -2.45. The molecule has 0 saturated heterocycles. The molecule has 5 heteroatoms. The van der Waals surface area contributed by atoms with Crippen LogP contribution in [0.2, 0.25) is 5.02 Å². The monoisotopic (exact) mass is 309 g/mol. The van der Waals surface area contributed by atoms with Gasteiger partial charge in [-0.2, -0.15) is 0 Å². The van der Waals surface area contributed by atoms with E-state index < -0.39 is 5.91 Å². The topological polar surface area (TPSA) is 72.3 Å². The van der Waals surface area contributed by atoms with Crippen LogP contribution < -0.4 is 16.4 Å². The van der Waals surface area contributed by atoms with Crippen molar-refractivity contribution in [1.82, 2.24) is 0 Å². The van der Waals surface area contributed by atoms with Crippen molar-refractivity contribution < 1.29 is 4.79 Å². The fraction of sp³-hybridized carbons (Fsp3) is 0.562. The second-order valence-electron chi connectivity index (χ2n) is 5.66. The molecule has 1 fully saturated rings. The molecule has 0 radical (unpaired) electrons. The van der Waals surface area contributed by atoms with Crippen molar-refractivity contribution in [3.8, 4) is 0 Å². The second kappa shape index (κ2) is 7.14. The first-order valence-corrected chi connectivity index (χ1v) is 8.02. The molecule has 0 heterocycles. The number of halogens is 1. The highest BCUT2D eigenvalue weighted by molar-refractivity contribution is 6.34. The molecule has 1 aromatic carbocycles. The van der Waals surface area contributed by atoms with Gasteiger partial charge >= 0.3 is 0 Å². The number of nitrogens with two attached hydrogens (primary N) is 2. The molecule has 0 bridgehead atoms. The van der Waals surface area contributed by atoms with Crippen LogP contribution in [-0.4, -0.2) is 25.0 Å². The number of carbonyl (C=O) groups excluding carboxylic acids is 1. The molecule has 0 spiro atoms.